The van der Waals surface area contributed by atoms with Gasteiger partial charge in [-0.15, -0.1) is 0 Å². The summed E-state index contributed by atoms with van der Waals surface area (Å²) in [6, 6.07) is 5.61. The second-order valence-corrected chi connectivity index (χ2v) is 4.65. The molecule has 0 saturated heterocycles. The summed E-state index contributed by atoms with van der Waals surface area (Å²) in [6.45, 7) is 4.69. The largest absolute Gasteiger partial charge is 0.507 e. The molecule has 0 saturated carbocycles. The number of nitrogens with zero attached hydrogens (tertiary/aromatic N) is 2. The smallest absolute Gasteiger partial charge is 0.124 e. The summed E-state index contributed by atoms with van der Waals surface area (Å²) >= 11 is 0. The molecule has 0 atom stereocenters. The number of aromatic hydroxyl groups is 1. The molecule has 0 amide bonds. The summed E-state index contributed by atoms with van der Waals surface area (Å²) in [4.78, 5) is 0. The van der Waals surface area contributed by atoms with Gasteiger partial charge in [0.25, 0.3) is 0 Å². The summed E-state index contributed by atoms with van der Waals surface area (Å²) in [7, 11) is 1.58. The van der Waals surface area contributed by atoms with Gasteiger partial charge in [0.2, 0.25) is 0 Å². The fourth-order valence-electron chi connectivity index (χ4n) is 1.73. The van der Waals surface area contributed by atoms with E-state index in [0.29, 0.717) is 18.3 Å². The molecule has 0 bridgehead atoms. The van der Waals surface area contributed by atoms with Crippen molar-refractivity contribution in [1.29, 1.82) is 0 Å². The van der Waals surface area contributed by atoms with E-state index < -0.39 is 0 Å². The van der Waals surface area contributed by atoms with E-state index in [0.717, 1.165) is 11.3 Å². The van der Waals surface area contributed by atoms with Crippen molar-refractivity contribution < 1.29 is 9.84 Å². The van der Waals surface area contributed by atoms with Gasteiger partial charge in [0.15, 0.2) is 0 Å². The maximum atomic E-state index is 9.85. The van der Waals surface area contributed by atoms with Crippen molar-refractivity contribution in [3.63, 3.8) is 0 Å². The third-order valence-electron chi connectivity index (χ3n) is 2.91. The molecule has 5 heteroatoms. The maximum absolute atomic E-state index is 9.85. The van der Waals surface area contributed by atoms with Crippen molar-refractivity contribution >= 4 is 5.69 Å². The van der Waals surface area contributed by atoms with E-state index in [1.54, 1.807) is 19.4 Å². The lowest BCUT2D eigenvalue weighted by atomic mass is 10.2. The van der Waals surface area contributed by atoms with E-state index >= 15 is 0 Å². The first-order valence-electron chi connectivity index (χ1n) is 6.24. The molecule has 0 spiro atoms. The number of methoxy groups -OCH3 is 1. The van der Waals surface area contributed by atoms with Crippen molar-refractivity contribution in [3.8, 4) is 11.5 Å². The highest BCUT2D eigenvalue weighted by atomic mass is 16.5. The quantitative estimate of drug-likeness (QED) is 0.869. The van der Waals surface area contributed by atoms with E-state index in [1.165, 1.54) is 0 Å². The third-order valence-corrected chi connectivity index (χ3v) is 2.91. The minimum atomic E-state index is 0.225. The molecular formula is C14H19N3O2. The molecule has 0 radical (unpaired) electrons. The van der Waals surface area contributed by atoms with Gasteiger partial charge in [-0.1, -0.05) is 0 Å². The van der Waals surface area contributed by atoms with Gasteiger partial charge in [0, 0.05) is 30.4 Å². The third kappa shape index (κ3) is 3.19. The summed E-state index contributed by atoms with van der Waals surface area (Å²) in [5.41, 5.74) is 1.75. The molecule has 2 N–H and O–H groups in total. The monoisotopic (exact) mass is 261 g/mol. The van der Waals surface area contributed by atoms with Gasteiger partial charge in [-0.3, -0.25) is 4.68 Å². The molecule has 1 aromatic carbocycles. The van der Waals surface area contributed by atoms with Crippen LogP contribution in [0.25, 0.3) is 0 Å². The number of nitrogens with one attached hydrogen (secondary N) is 1. The van der Waals surface area contributed by atoms with Crippen molar-refractivity contribution in [2.45, 2.75) is 26.4 Å². The van der Waals surface area contributed by atoms with Crippen LogP contribution in [0.3, 0.4) is 0 Å². The zero-order valence-corrected chi connectivity index (χ0v) is 11.4. The van der Waals surface area contributed by atoms with Crippen LogP contribution in [0.4, 0.5) is 5.69 Å². The average molecular weight is 261 g/mol. The summed E-state index contributed by atoms with van der Waals surface area (Å²) in [6.07, 6.45) is 3.73. The fraction of sp³-hybridized carbons (Fsp3) is 0.357. The maximum Gasteiger partial charge on any atom is 0.124 e. The molecule has 5 nitrogen and oxygen atoms in total. The lowest BCUT2D eigenvalue weighted by Gasteiger charge is -2.08. The van der Waals surface area contributed by atoms with Gasteiger partial charge in [0.05, 0.1) is 19.0 Å². The first-order chi connectivity index (χ1) is 9.10. The van der Waals surface area contributed by atoms with Gasteiger partial charge in [-0.25, -0.2) is 0 Å². The Bertz CT molecular complexity index is 549. The minimum absolute atomic E-state index is 0.225. The highest BCUT2D eigenvalue weighted by Crippen LogP contribution is 2.24. The van der Waals surface area contributed by atoms with E-state index in [1.807, 2.05) is 23.0 Å². The van der Waals surface area contributed by atoms with Crippen molar-refractivity contribution in [2.75, 3.05) is 12.4 Å². The molecule has 0 aliphatic rings. The standard InChI is InChI=1S/C14H19N3O2/c1-10(2)17-9-12(8-16-17)15-7-11-4-5-13(19-3)6-14(11)18/h4-6,8-10,15,18H,7H2,1-3H3. The Morgan fingerprint density at radius 2 is 2.21 bits per heavy atom. The number of rotatable bonds is 5. The first-order valence-corrected chi connectivity index (χ1v) is 6.24. The number of phenolic OH excluding ortho intramolecular Hbond substituents is 1. The van der Waals surface area contributed by atoms with Gasteiger partial charge >= 0.3 is 0 Å². The summed E-state index contributed by atoms with van der Waals surface area (Å²) in [5.74, 6) is 0.872. The number of anilines is 1. The van der Waals surface area contributed by atoms with Crippen LogP contribution in [-0.2, 0) is 6.54 Å². The van der Waals surface area contributed by atoms with E-state index in [4.69, 9.17) is 4.74 Å². The van der Waals surface area contributed by atoms with Crippen LogP contribution >= 0.6 is 0 Å². The first kappa shape index (κ1) is 13.3. The molecule has 19 heavy (non-hydrogen) atoms. The Morgan fingerprint density at radius 1 is 1.42 bits per heavy atom. The Labute approximate surface area is 112 Å². The fourth-order valence-corrected chi connectivity index (χ4v) is 1.73. The number of aromatic nitrogens is 2. The Balaban J connectivity index is 2.01. The van der Waals surface area contributed by atoms with Crippen LogP contribution < -0.4 is 10.1 Å². The van der Waals surface area contributed by atoms with Crippen molar-refractivity contribution in [2.24, 2.45) is 0 Å². The van der Waals surface area contributed by atoms with Crippen LogP contribution in [0.1, 0.15) is 25.5 Å². The zero-order chi connectivity index (χ0) is 13.8. The lowest BCUT2D eigenvalue weighted by Crippen LogP contribution is -2.01. The predicted octanol–water partition coefficient (Wildman–Crippen LogP) is 2.79. The molecule has 102 valence electrons. The summed E-state index contributed by atoms with van der Waals surface area (Å²) in [5, 5.41) is 17.3. The number of benzene rings is 1. The normalized spacial score (nSPS) is 10.7. The Morgan fingerprint density at radius 3 is 2.79 bits per heavy atom. The number of hydrogen-bond acceptors (Lipinski definition) is 4. The molecule has 2 aromatic rings. The highest BCUT2D eigenvalue weighted by Gasteiger charge is 2.05. The highest BCUT2D eigenvalue weighted by molar-refractivity contribution is 5.44. The lowest BCUT2D eigenvalue weighted by molar-refractivity contribution is 0.406. The van der Waals surface area contributed by atoms with Crippen LogP contribution in [0, 0.1) is 0 Å². The number of ether oxygens (including phenoxy) is 1. The van der Waals surface area contributed by atoms with Crippen LogP contribution in [0.15, 0.2) is 30.6 Å². The van der Waals surface area contributed by atoms with Crippen LogP contribution in [0.5, 0.6) is 11.5 Å². The Kier molecular flexibility index (Phi) is 3.94. The van der Waals surface area contributed by atoms with Crippen LogP contribution in [-0.4, -0.2) is 22.0 Å². The molecular weight excluding hydrogens is 242 g/mol. The average Bonchev–Trinajstić information content (AvgIpc) is 2.86. The molecule has 1 heterocycles. The zero-order valence-electron chi connectivity index (χ0n) is 11.4. The topological polar surface area (TPSA) is 59.3 Å². The molecule has 0 aliphatic heterocycles. The van der Waals surface area contributed by atoms with Gasteiger partial charge < -0.3 is 15.2 Å². The van der Waals surface area contributed by atoms with Gasteiger partial charge in [-0.05, 0) is 26.0 Å². The van der Waals surface area contributed by atoms with Crippen LogP contribution in [0.2, 0.25) is 0 Å². The van der Waals surface area contributed by atoms with Crippen molar-refractivity contribution in [3.05, 3.63) is 36.2 Å². The molecule has 1 aromatic heterocycles. The van der Waals surface area contributed by atoms with E-state index in [9.17, 15) is 5.11 Å². The van der Waals surface area contributed by atoms with Gasteiger partial charge in [0.1, 0.15) is 11.5 Å². The number of phenols is 1. The van der Waals surface area contributed by atoms with E-state index in [-0.39, 0.29) is 5.75 Å². The molecule has 0 unspecified atom stereocenters. The second kappa shape index (κ2) is 5.65. The second-order valence-electron chi connectivity index (χ2n) is 4.65. The SMILES string of the molecule is COc1ccc(CNc2cnn(C(C)C)c2)c(O)c1. The summed E-state index contributed by atoms with van der Waals surface area (Å²) < 4.78 is 6.93. The Hall–Kier alpha value is -2.17. The van der Waals surface area contributed by atoms with Gasteiger partial charge in [-0.2, -0.15) is 5.10 Å². The molecule has 0 aliphatic carbocycles. The molecule has 0 fully saturated rings. The number of hydrogen-bond donors (Lipinski definition) is 2. The minimum Gasteiger partial charge on any atom is -0.507 e. The predicted molar refractivity (Wildman–Crippen MR) is 74.6 cm³/mol. The van der Waals surface area contributed by atoms with Crippen molar-refractivity contribution in [1.82, 2.24) is 9.78 Å². The molecule has 2 rings (SSSR count). The van der Waals surface area contributed by atoms with E-state index in [2.05, 4.69) is 24.3 Å².